The number of nitrogens with one attached hydrogen (secondary N) is 1. The molecule has 61 valence electrons. The Hall–Kier alpha value is -1.31. The highest BCUT2D eigenvalue weighted by molar-refractivity contribution is 5.93. The van der Waals surface area contributed by atoms with Crippen LogP contribution >= 0.6 is 0 Å². The summed E-state index contributed by atoms with van der Waals surface area (Å²) >= 11 is 0. The van der Waals surface area contributed by atoms with Gasteiger partial charge in [-0.3, -0.25) is 4.79 Å². The van der Waals surface area contributed by atoms with Crippen LogP contribution in [0.4, 0.5) is 5.69 Å². The third-order valence-electron chi connectivity index (χ3n) is 1.92. The lowest BCUT2D eigenvalue weighted by atomic mass is 10.3. The Morgan fingerprint density at radius 2 is 2.42 bits per heavy atom. The predicted molar refractivity (Wildman–Crippen MR) is 46.6 cm³/mol. The lowest BCUT2D eigenvalue weighted by Crippen LogP contribution is -2.12. The molecule has 0 spiro atoms. The van der Waals surface area contributed by atoms with Crippen molar-refractivity contribution in [3.05, 3.63) is 30.3 Å². The van der Waals surface area contributed by atoms with Gasteiger partial charge in [0, 0.05) is 11.6 Å². The quantitative estimate of drug-likeness (QED) is 0.702. The number of hydrogen-bond acceptors (Lipinski definition) is 1. The highest BCUT2D eigenvalue weighted by Gasteiger charge is 2.29. The smallest absolute Gasteiger partial charge is 0.227 e. The van der Waals surface area contributed by atoms with Gasteiger partial charge in [-0.2, -0.15) is 0 Å². The summed E-state index contributed by atoms with van der Waals surface area (Å²) in [6.07, 6.45) is 2.09. The van der Waals surface area contributed by atoms with Gasteiger partial charge in [0.05, 0.1) is 0 Å². The molecule has 1 radical (unpaired) electrons. The van der Waals surface area contributed by atoms with Crippen molar-refractivity contribution in [3.63, 3.8) is 0 Å². The summed E-state index contributed by atoms with van der Waals surface area (Å²) in [5.41, 5.74) is 0.842. The number of hydrogen-bond donors (Lipinski definition) is 1. The molecule has 1 aliphatic rings. The fourth-order valence-electron chi connectivity index (χ4n) is 1.06. The van der Waals surface area contributed by atoms with E-state index in [1.165, 1.54) is 0 Å². The molecule has 0 aliphatic heterocycles. The first-order valence-electron chi connectivity index (χ1n) is 4.13. The Bertz CT molecular complexity index is 277. The standard InChI is InChI=1S/C10H10NO/c12-10(8-6-7-8)11-9-4-2-1-3-5-9/h1-2,4-5,8H,6-7H2,(H,11,12). The fourth-order valence-corrected chi connectivity index (χ4v) is 1.06. The molecule has 1 saturated carbocycles. The van der Waals surface area contributed by atoms with Crippen molar-refractivity contribution < 1.29 is 4.79 Å². The van der Waals surface area contributed by atoms with E-state index in [0.717, 1.165) is 18.5 Å². The normalized spacial score (nSPS) is 15.7. The van der Waals surface area contributed by atoms with Crippen molar-refractivity contribution in [2.75, 3.05) is 5.32 Å². The molecule has 0 bridgehead atoms. The monoisotopic (exact) mass is 160 g/mol. The molecule has 1 aliphatic carbocycles. The Kier molecular flexibility index (Phi) is 1.82. The number of benzene rings is 1. The van der Waals surface area contributed by atoms with E-state index in [4.69, 9.17) is 0 Å². The zero-order chi connectivity index (χ0) is 8.39. The van der Waals surface area contributed by atoms with E-state index in [0.29, 0.717) is 0 Å². The van der Waals surface area contributed by atoms with Gasteiger partial charge in [0.2, 0.25) is 5.91 Å². The molecule has 2 nitrogen and oxygen atoms in total. The number of anilines is 1. The van der Waals surface area contributed by atoms with Crippen molar-refractivity contribution in [2.24, 2.45) is 5.92 Å². The molecule has 0 heterocycles. The zero-order valence-electron chi connectivity index (χ0n) is 6.71. The van der Waals surface area contributed by atoms with Crippen LogP contribution < -0.4 is 5.32 Å². The van der Waals surface area contributed by atoms with E-state index in [2.05, 4.69) is 11.4 Å². The first kappa shape index (κ1) is 7.35. The van der Waals surface area contributed by atoms with Gasteiger partial charge in [-0.1, -0.05) is 12.1 Å². The molecule has 1 aromatic rings. The second kappa shape index (κ2) is 2.97. The van der Waals surface area contributed by atoms with Crippen molar-refractivity contribution in [1.29, 1.82) is 0 Å². The molecule has 0 unspecified atom stereocenters. The molecule has 1 amide bonds. The molecule has 1 aromatic carbocycles. The van der Waals surface area contributed by atoms with Crippen LogP contribution in [0, 0.1) is 12.0 Å². The van der Waals surface area contributed by atoms with Crippen LogP contribution in [0.1, 0.15) is 12.8 Å². The van der Waals surface area contributed by atoms with Crippen LogP contribution in [0.15, 0.2) is 24.3 Å². The largest absolute Gasteiger partial charge is 0.326 e. The first-order valence-corrected chi connectivity index (χ1v) is 4.13. The SMILES string of the molecule is O=C(Nc1c[c]ccc1)C1CC1. The summed E-state index contributed by atoms with van der Waals surface area (Å²) in [4.78, 5) is 11.2. The van der Waals surface area contributed by atoms with Gasteiger partial charge < -0.3 is 5.32 Å². The molecule has 0 aromatic heterocycles. The zero-order valence-corrected chi connectivity index (χ0v) is 6.71. The van der Waals surface area contributed by atoms with Crippen LogP contribution in [-0.2, 0) is 4.79 Å². The summed E-state index contributed by atoms with van der Waals surface area (Å²) in [6.45, 7) is 0. The van der Waals surface area contributed by atoms with Gasteiger partial charge in [-0.05, 0) is 31.0 Å². The van der Waals surface area contributed by atoms with E-state index in [1.54, 1.807) is 6.07 Å². The Morgan fingerprint density at radius 3 is 3.00 bits per heavy atom. The van der Waals surface area contributed by atoms with Crippen LogP contribution in [-0.4, -0.2) is 5.91 Å². The Labute approximate surface area is 71.6 Å². The number of rotatable bonds is 2. The molecule has 1 N–H and O–H groups in total. The van der Waals surface area contributed by atoms with Gasteiger partial charge in [-0.25, -0.2) is 0 Å². The molecule has 0 atom stereocenters. The van der Waals surface area contributed by atoms with Crippen molar-refractivity contribution >= 4 is 11.6 Å². The fraction of sp³-hybridized carbons (Fsp3) is 0.300. The number of amides is 1. The summed E-state index contributed by atoms with van der Waals surface area (Å²) in [7, 11) is 0. The van der Waals surface area contributed by atoms with Gasteiger partial charge in [0.25, 0.3) is 0 Å². The topological polar surface area (TPSA) is 29.1 Å². The summed E-state index contributed by atoms with van der Waals surface area (Å²) in [5, 5.41) is 2.83. The molecule has 2 heteroatoms. The highest BCUT2D eigenvalue weighted by Crippen LogP contribution is 2.29. The van der Waals surface area contributed by atoms with Crippen molar-refractivity contribution in [1.82, 2.24) is 0 Å². The van der Waals surface area contributed by atoms with Crippen molar-refractivity contribution in [2.45, 2.75) is 12.8 Å². The van der Waals surface area contributed by atoms with E-state index >= 15 is 0 Å². The third kappa shape index (κ3) is 1.64. The lowest BCUT2D eigenvalue weighted by molar-refractivity contribution is -0.117. The third-order valence-corrected chi connectivity index (χ3v) is 1.92. The predicted octanol–water partition coefficient (Wildman–Crippen LogP) is 1.84. The van der Waals surface area contributed by atoms with Gasteiger partial charge in [0.15, 0.2) is 0 Å². The summed E-state index contributed by atoms with van der Waals surface area (Å²) in [6, 6.07) is 10.2. The summed E-state index contributed by atoms with van der Waals surface area (Å²) < 4.78 is 0. The lowest BCUT2D eigenvalue weighted by Gasteiger charge is -2.01. The van der Waals surface area contributed by atoms with E-state index < -0.39 is 0 Å². The van der Waals surface area contributed by atoms with Crippen LogP contribution in [0.3, 0.4) is 0 Å². The van der Waals surface area contributed by atoms with Crippen LogP contribution in [0.5, 0.6) is 0 Å². The minimum atomic E-state index is 0.148. The summed E-state index contributed by atoms with van der Waals surface area (Å²) in [5.74, 6) is 0.416. The minimum Gasteiger partial charge on any atom is -0.326 e. The molecule has 1 fully saturated rings. The number of carbonyl (C=O) groups is 1. The Balaban J connectivity index is 1.98. The second-order valence-corrected chi connectivity index (χ2v) is 3.06. The maximum atomic E-state index is 11.2. The average molecular weight is 160 g/mol. The van der Waals surface area contributed by atoms with Crippen molar-refractivity contribution in [3.8, 4) is 0 Å². The minimum absolute atomic E-state index is 0.148. The maximum absolute atomic E-state index is 11.2. The van der Waals surface area contributed by atoms with Gasteiger partial charge in [0.1, 0.15) is 0 Å². The Morgan fingerprint density at radius 1 is 1.58 bits per heavy atom. The molecular weight excluding hydrogens is 150 g/mol. The van der Waals surface area contributed by atoms with Gasteiger partial charge in [-0.15, -0.1) is 0 Å². The van der Waals surface area contributed by atoms with E-state index in [9.17, 15) is 4.79 Å². The van der Waals surface area contributed by atoms with Crippen LogP contribution in [0.25, 0.3) is 0 Å². The molecular formula is C10H10NO. The average Bonchev–Trinajstić information content (AvgIpc) is 2.88. The first-order chi connectivity index (χ1) is 5.86. The molecule has 2 rings (SSSR count). The van der Waals surface area contributed by atoms with E-state index in [-0.39, 0.29) is 11.8 Å². The van der Waals surface area contributed by atoms with Crippen LogP contribution in [0.2, 0.25) is 0 Å². The second-order valence-electron chi connectivity index (χ2n) is 3.06. The highest BCUT2D eigenvalue weighted by atomic mass is 16.2. The number of carbonyl (C=O) groups excluding carboxylic acids is 1. The van der Waals surface area contributed by atoms with Gasteiger partial charge >= 0.3 is 0 Å². The molecule has 12 heavy (non-hydrogen) atoms. The molecule has 0 saturated heterocycles. The van der Waals surface area contributed by atoms with E-state index in [1.807, 2.05) is 18.2 Å². The maximum Gasteiger partial charge on any atom is 0.227 e.